The number of urea groups is 1. The Hall–Kier alpha value is -1.34. The van der Waals surface area contributed by atoms with Crippen LogP contribution >= 0.6 is 0 Å². The summed E-state index contributed by atoms with van der Waals surface area (Å²) in [5, 5.41) is 11.5. The Labute approximate surface area is 120 Å². The molecule has 0 spiro atoms. The van der Waals surface area contributed by atoms with Crippen LogP contribution in [0, 0.1) is 0 Å². The van der Waals surface area contributed by atoms with Gasteiger partial charge in [-0.1, -0.05) is 13.8 Å². The average Bonchev–Trinajstić information content (AvgIpc) is 2.43. The van der Waals surface area contributed by atoms with E-state index in [2.05, 4.69) is 24.1 Å². The predicted octanol–water partition coefficient (Wildman–Crippen LogP) is 0.461. The summed E-state index contributed by atoms with van der Waals surface area (Å²) in [4.78, 5) is 26.1. The number of carbonyl (C=O) groups excluding carboxylic acids is 1. The maximum absolute atomic E-state index is 11.9. The van der Waals surface area contributed by atoms with Gasteiger partial charge in [-0.15, -0.1) is 0 Å². The largest absolute Gasteiger partial charge is 0.480 e. The number of methoxy groups -OCH3 is 1. The van der Waals surface area contributed by atoms with E-state index >= 15 is 0 Å². The number of hydrogen-bond acceptors (Lipinski definition) is 4. The van der Waals surface area contributed by atoms with E-state index in [1.165, 1.54) is 12.0 Å². The molecular formula is C13H27N3O4. The smallest absolute Gasteiger partial charge is 0.323 e. The lowest BCUT2D eigenvalue weighted by Gasteiger charge is -2.22. The number of carboxylic acids is 1. The quantitative estimate of drug-likeness (QED) is 0.540. The topological polar surface area (TPSA) is 82.1 Å². The zero-order valence-corrected chi connectivity index (χ0v) is 12.7. The monoisotopic (exact) mass is 289 g/mol. The van der Waals surface area contributed by atoms with E-state index in [0.717, 1.165) is 26.1 Å². The predicted molar refractivity (Wildman–Crippen MR) is 76.9 cm³/mol. The number of aliphatic carboxylic acids is 1. The first kappa shape index (κ1) is 18.7. The fraction of sp³-hybridized carbons (Fsp3) is 0.846. The molecule has 0 aliphatic carbocycles. The van der Waals surface area contributed by atoms with Gasteiger partial charge in [-0.3, -0.25) is 4.79 Å². The van der Waals surface area contributed by atoms with Crippen LogP contribution in [-0.4, -0.2) is 79.9 Å². The second-order valence-corrected chi connectivity index (χ2v) is 4.42. The van der Waals surface area contributed by atoms with Gasteiger partial charge in [-0.2, -0.15) is 0 Å². The average molecular weight is 289 g/mol. The number of nitrogens with one attached hydrogen (secondary N) is 1. The summed E-state index contributed by atoms with van der Waals surface area (Å²) in [6.45, 7) is 7.91. The zero-order chi connectivity index (χ0) is 15.4. The highest BCUT2D eigenvalue weighted by Gasteiger charge is 2.15. The zero-order valence-electron chi connectivity index (χ0n) is 12.7. The van der Waals surface area contributed by atoms with Crippen molar-refractivity contribution in [3.05, 3.63) is 0 Å². The van der Waals surface area contributed by atoms with Gasteiger partial charge >= 0.3 is 12.0 Å². The van der Waals surface area contributed by atoms with Gasteiger partial charge in [0.1, 0.15) is 6.54 Å². The third kappa shape index (κ3) is 8.71. The fourth-order valence-electron chi connectivity index (χ4n) is 1.77. The molecule has 0 aliphatic rings. The molecule has 0 unspecified atom stereocenters. The molecule has 0 saturated carbocycles. The van der Waals surface area contributed by atoms with Gasteiger partial charge in [0.15, 0.2) is 0 Å². The first-order chi connectivity index (χ1) is 9.54. The minimum Gasteiger partial charge on any atom is -0.480 e. The van der Waals surface area contributed by atoms with Crippen LogP contribution in [0.3, 0.4) is 0 Å². The number of carbonyl (C=O) groups is 2. The van der Waals surface area contributed by atoms with E-state index < -0.39 is 5.97 Å². The first-order valence-electron chi connectivity index (χ1n) is 7.00. The van der Waals surface area contributed by atoms with Crippen LogP contribution in [0.4, 0.5) is 4.79 Å². The summed E-state index contributed by atoms with van der Waals surface area (Å²) in [5.74, 6) is -1.03. The van der Waals surface area contributed by atoms with E-state index in [4.69, 9.17) is 9.84 Å². The molecule has 0 bridgehead atoms. The number of ether oxygens (including phenoxy) is 1. The molecule has 7 nitrogen and oxygen atoms in total. The number of amides is 2. The van der Waals surface area contributed by atoms with Crippen molar-refractivity contribution < 1.29 is 19.4 Å². The van der Waals surface area contributed by atoms with Crippen molar-refractivity contribution in [3.8, 4) is 0 Å². The van der Waals surface area contributed by atoms with Crippen LogP contribution in [0.2, 0.25) is 0 Å². The molecule has 7 heteroatoms. The highest BCUT2D eigenvalue weighted by Crippen LogP contribution is 1.93. The summed E-state index contributed by atoms with van der Waals surface area (Å²) in [6.07, 6.45) is 0.846. The van der Waals surface area contributed by atoms with Crippen LogP contribution in [0.25, 0.3) is 0 Å². The normalized spacial score (nSPS) is 10.6. The van der Waals surface area contributed by atoms with Crippen LogP contribution < -0.4 is 5.32 Å². The van der Waals surface area contributed by atoms with Gasteiger partial charge in [-0.25, -0.2) is 4.79 Å². The maximum atomic E-state index is 11.9. The molecule has 0 atom stereocenters. The highest BCUT2D eigenvalue weighted by atomic mass is 16.5. The van der Waals surface area contributed by atoms with Crippen LogP contribution in [0.1, 0.15) is 20.3 Å². The minimum absolute atomic E-state index is 0.269. The summed E-state index contributed by atoms with van der Waals surface area (Å²) in [5.41, 5.74) is 0. The van der Waals surface area contributed by atoms with Crippen molar-refractivity contribution in [1.29, 1.82) is 0 Å². The number of carboxylic acid groups (broad SMARTS) is 1. The molecule has 0 radical (unpaired) electrons. The second kappa shape index (κ2) is 11.5. The summed E-state index contributed by atoms with van der Waals surface area (Å²) in [6, 6.07) is -0.357. The van der Waals surface area contributed by atoms with E-state index in [0.29, 0.717) is 13.2 Å². The van der Waals surface area contributed by atoms with Crippen LogP contribution in [0.15, 0.2) is 0 Å². The van der Waals surface area contributed by atoms with E-state index in [1.807, 2.05) is 0 Å². The molecule has 0 aromatic carbocycles. The van der Waals surface area contributed by atoms with Crippen molar-refractivity contribution in [2.75, 3.05) is 53.0 Å². The Kier molecular flexibility index (Phi) is 10.7. The van der Waals surface area contributed by atoms with Gasteiger partial charge in [-0.05, 0) is 26.1 Å². The van der Waals surface area contributed by atoms with Crippen molar-refractivity contribution in [1.82, 2.24) is 15.1 Å². The first-order valence-corrected chi connectivity index (χ1v) is 7.00. The minimum atomic E-state index is -1.03. The number of nitrogens with zero attached hydrogens (tertiary/aromatic N) is 2. The maximum Gasteiger partial charge on any atom is 0.323 e. The Balaban J connectivity index is 4.02. The highest BCUT2D eigenvalue weighted by molar-refractivity contribution is 5.80. The Morgan fingerprint density at radius 2 is 1.85 bits per heavy atom. The number of hydrogen-bond donors (Lipinski definition) is 2. The second-order valence-electron chi connectivity index (χ2n) is 4.42. The van der Waals surface area contributed by atoms with Gasteiger partial charge in [0.05, 0.1) is 6.61 Å². The van der Waals surface area contributed by atoms with Crippen LogP contribution in [0.5, 0.6) is 0 Å². The van der Waals surface area contributed by atoms with Crippen LogP contribution in [-0.2, 0) is 9.53 Å². The lowest BCUT2D eigenvalue weighted by Crippen LogP contribution is -2.45. The molecule has 0 aliphatic heterocycles. The van der Waals surface area contributed by atoms with Crippen molar-refractivity contribution in [2.24, 2.45) is 0 Å². The summed E-state index contributed by atoms with van der Waals surface area (Å²) in [7, 11) is 1.51. The third-order valence-electron chi connectivity index (χ3n) is 3.00. The van der Waals surface area contributed by atoms with E-state index in [1.54, 1.807) is 0 Å². The number of rotatable bonds is 11. The lowest BCUT2D eigenvalue weighted by atomic mass is 10.3. The van der Waals surface area contributed by atoms with Gasteiger partial charge in [0.25, 0.3) is 0 Å². The van der Waals surface area contributed by atoms with E-state index in [9.17, 15) is 9.59 Å². The Morgan fingerprint density at radius 1 is 1.20 bits per heavy atom. The molecule has 2 N–H and O–H groups in total. The van der Waals surface area contributed by atoms with Gasteiger partial charge in [0.2, 0.25) is 0 Å². The van der Waals surface area contributed by atoms with Crippen molar-refractivity contribution in [2.45, 2.75) is 20.3 Å². The summed E-state index contributed by atoms with van der Waals surface area (Å²) >= 11 is 0. The van der Waals surface area contributed by atoms with Crippen molar-refractivity contribution >= 4 is 12.0 Å². The molecule has 20 heavy (non-hydrogen) atoms. The lowest BCUT2D eigenvalue weighted by molar-refractivity contribution is -0.137. The molecular weight excluding hydrogens is 262 g/mol. The molecule has 0 fully saturated rings. The SMILES string of the molecule is CCN(CC)CCCNC(=O)N(CCOC)CC(=O)O. The standard InChI is InChI=1S/C13H27N3O4/c1-4-15(5-2)8-6-7-14-13(19)16(9-10-20-3)11-12(17)18/h4-11H2,1-3H3,(H,14,19)(H,17,18). The molecule has 0 heterocycles. The van der Waals surface area contributed by atoms with Gasteiger partial charge < -0.3 is 25.0 Å². The molecule has 0 saturated heterocycles. The fourth-order valence-corrected chi connectivity index (χ4v) is 1.77. The Morgan fingerprint density at radius 3 is 2.35 bits per heavy atom. The van der Waals surface area contributed by atoms with Crippen molar-refractivity contribution in [3.63, 3.8) is 0 Å². The molecule has 0 aromatic rings. The summed E-state index contributed by atoms with van der Waals surface area (Å²) < 4.78 is 4.87. The molecule has 0 rings (SSSR count). The van der Waals surface area contributed by atoms with Gasteiger partial charge in [0, 0.05) is 20.2 Å². The molecule has 118 valence electrons. The van der Waals surface area contributed by atoms with E-state index in [-0.39, 0.29) is 19.1 Å². The molecule has 0 aromatic heterocycles. The third-order valence-corrected chi connectivity index (χ3v) is 3.00. The molecule has 2 amide bonds. The Bertz CT molecular complexity index is 283.